The van der Waals surface area contributed by atoms with Crippen molar-refractivity contribution in [1.29, 1.82) is 0 Å². The van der Waals surface area contributed by atoms with Crippen LogP contribution in [-0.4, -0.2) is 27.0 Å². The third-order valence-corrected chi connectivity index (χ3v) is 4.80. The van der Waals surface area contributed by atoms with Gasteiger partial charge in [0.25, 0.3) is 0 Å². The van der Waals surface area contributed by atoms with E-state index in [1.54, 1.807) is 6.07 Å². The molecule has 25 heavy (non-hydrogen) atoms. The van der Waals surface area contributed by atoms with Gasteiger partial charge in [0, 0.05) is 22.9 Å². The maximum absolute atomic E-state index is 13.0. The number of aromatic nitrogens is 3. The number of hydrogen-bond acceptors (Lipinski definition) is 7. The van der Waals surface area contributed by atoms with Crippen LogP contribution in [-0.2, 0) is 12.6 Å². The van der Waals surface area contributed by atoms with Gasteiger partial charge < -0.3 is 10.2 Å². The number of fused-ring (bicyclic) bond motifs is 1. The molecule has 0 saturated heterocycles. The summed E-state index contributed by atoms with van der Waals surface area (Å²) in [5.41, 5.74) is 5.59. The van der Waals surface area contributed by atoms with Gasteiger partial charge in [-0.05, 0) is 18.7 Å². The molecule has 0 bridgehead atoms. The Kier molecular flexibility index (Phi) is 5.09. The molecule has 0 fully saturated rings. The van der Waals surface area contributed by atoms with Gasteiger partial charge >= 0.3 is 6.18 Å². The van der Waals surface area contributed by atoms with Gasteiger partial charge in [0.05, 0.1) is 6.20 Å². The number of nitrogens with two attached hydrogens (primary N) is 1. The van der Waals surface area contributed by atoms with Crippen molar-refractivity contribution in [2.75, 3.05) is 17.7 Å². The van der Waals surface area contributed by atoms with E-state index in [4.69, 9.17) is 10.2 Å². The summed E-state index contributed by atoms with van der Waals surface area (Å²) in [6, 6.07) is 3.09. The molecule has 0 spiro atoms. The summed E-state index contributed by atoms with van der Waals surface area (Å²) in [5, 5.41) is 1.32. The molecule has 0 aromatic carbocycles. The zero-order valence-electron chi connectivity index (χ0n) is 13.0. The van der Waals surface area contributed by atoms with Crippen molar-refractivity contribution in [1.82, 2.24) is 15.0 Å². The highest BCUT2D eigenvalue weighted by Gasteiger charge is 2.34. The molecule has 0 aliphatic carbocycles. The third-order valence-electron chi connectivity index (χ3n) is 3.32. The summed E-state index contributed by atoms with van der Waals surface area (Å²) >= 11 is 2.83. The van der Waals surface area contributed by atoms with Crippen molar-refractivity contribution in [3.63, 3.8) is 0 Å². The number of nitrogen functional groups attached to an aromatic ring is 1. The van der Waals surface area contributed by atoms with E-state index in [0.29, 0.717) is 28.8 Å². The standard InChI is InChI=1S/C15H13F3N4OS2/c1-24-13-5-12(19)21-14(22-13)25-3-2-8-4-9-10(15(16,17)18)7-23-11(9)6-20-8/h4-7H,2-3H2,1H3,(H2,19,21,22). The molecule has 0 amide bonds. The summed E-state index contributed by atoms with van der Waals surface area (Å²) in [5.74, 6) is 0.948. The number of anilines is 1. The summed E-state index contributed by atoms with van der Waals surface area (Å²) in [4.78, 5) is 12.6. The first-order valence-corrected chi connectivity index (χ1v) is 9.32. The molecule has 10 heteroatoms. The molecular weight excluding hydrogens is 373 g/mol. The fourth-order valence-corrected chi connectivity index (χ4v) is 3.47. The van der Waals surface area contributed by atoms with Crippen LogP contribution in [0.15, 0.2) is 39.2 Å². The Morgan fingerprint density at radius 2 is 2.04 bits per heavy atom. The first-order chi connectivity index (χ1) is 11.9. The van der Waals surface area contributed by atoms with Crippen LogP contribution in [0.2, 0.25) is 0 Å². The minimum atomic E-state index is -4.46. The van der Waals surface area contributed by atoms with Gasteiger partial charge in [-0.15, -0.1) is 11.8 Å². The van der Waals surface area contributed by atoms with E-state index in [0.717, 1.165) is 11.3 Å². The van der Waals surface area contributed by atoms with E-state index >= 15 is 0 Å². The maximum atomic E-state index is 13.0. The fraction of sp³-hybridized carbons (Fsp3) is 0.267. The van der Waals surface area contributed by atoms with E-state index in [1.807, 2.05) is 6.26 Å². The number of furan rings is 1. The summed E-state index contributed by atoms with van der Waals surface area (Å²) in [6.45, 7) is 0. The molecular formula is C15H13F3N4OS2. The fourth-order valence-electron chi connectivity index (χ4n) is 2.17. The molecule has 0 aliphatic rings. The number of thioether (sulfide) groups is 2. The molecule has 0 radical (unpaired) electrons. The lowest BCUT2D eigenvalue weighted by Crippen LogP contribution is -2.03. The quantitative estimate of drug-likeness (QED) is 0.398. The Morgan fingerprint density at radius 1 is 1.24 bits per heavy atom. The minimum absolute atomic E-state index is 0.0207. The predicted octanol–water partition coefficient (Wildman–Crippen LogP) is 4.28. The second kappa shape index (κ2) is 7.12. The van der Waals surface area contributed by atoms with Crippen molar-refractivity contribution in [2.24, 2.45) is 0 Å². The number of nitrogens with zero attached hydrogens (tertiary/aromatic N) is 3. The highest BCUT2D eigenvalue weighted by atomic mass is 32.2. The van der Waals surface area contributed by atoms with Crippen LogP contribution in [0.3, 0.4) is 0 Å². The first-order valence-electron chi connectivity index (χ1n) is 7.11. The average molecular weight is 386 g/mol. The first kappa shape index (κ1) is 17.9. The van der Waals surface area contributed by atoms with Crippen LogP contribution < -0.4 is 5.73 Å². The van der Waals surface area contributed by atoms with Gasteiger partial charge in [0.15, 0.2) is 10.7 Å². The van der Waals surface area contributed by atoms with Gasteiger partial charge in [-0.3, -0.25) is 4.98 Å². The average Bonchev–Trinajstić information content (AvgIpc) is 2.97. The molecule has 3 aromatic heterocycles. The zero-order valence-corrected chi connectivity index (χ0v) is 14.6. The highest BCUT2D eigenvalue weighted by Crippen LogP contribution is 2.36. The van der Waals surface area contributed by atoms with Gasteiger partial charge in [-0.1, -0.05) is 11.8 Å². The van der Waals surface area contributed by atoms with E-state index in [2.05, 4.69) is 15.0 Å². The van der Waals surface area contributed by atoms with E-state index < -0.39 is 11.7 Å². The Balaban J connectivity index is 1.72. The molecule has 0 saturated carbocycles. The Bertz CT molecular complexity index is 898. The number of pyridine rings is 1. The molecule has 3 rings (SSSR count). The lowest BCUT2D eigenvalue weighted by molar-refractivity contribution is -0.136. The van der Waals surface area contributed by atoms with Crippen molar-refractivity contribution in [2.45, 2.75) is 22.8 Å². The van der Waals surface area contributed by atoms with E-state index in [-0.39, 0.29) is 11.0 Å². The maximum Gasteiger partial charge on any atom is 0.420 e. The highest BCUT2D eigenvalue weighted by molar-refractivity contribution is 7.99. The van der Waals surface area contributed by atoms with Crippen molar-refractivity contribution in [3.05, 3.63) is 35.9 Å². The molecule has 132 valence electrons. The van der Waals surface area contributed by atoms with Crippen molar-refractivity contribution < 1.29 is 17.6 Å². The van der Waals surface area contributed by atoms with Crippen LogP contribution in [0.5, 0.6) is 0 Å². The molecule has 3 aromatic rings. The molecule has 5 nitrogen and oxygen atoms in total. The number of hydrogen-bond donors (Lipinski definition) is 1. The van der Waals surface area contributed by atoms with Crippen LogP contribution in [0.4, 0.5) is 19.0 Å². The van der Waals surface area contributed by atoms with Gasteiger partial charge in [0.1, 0.15) is 22.7 Å². The summed E-state index contributed by atoms with van der Waals surface area (Å²) in [6.07, 6.45) is -0.0700. The molecule has 0 atom stereocenters. The van der Waals surface area contributed by atoms with Crippen LogP contribution in [0.1, 0.15) is 11.3 Å². The van der Waals surface area contributed by atoms with E-state index in [9.17, 15) is 13.2 Å². The molecule has 3 heterocycles. The number of rotatable bonds is 5. The van der Waals surface area contributed by atoms with E-state index in [1.165, 1.54) is 35.8 Å². The predicted molar refractivity (Wildman–Crippen MR) is 91.7 cm³/mol. The summed E-state index contributed by atoms with van der Waals surface area (Å²) in [7, 11) is 0. The largest absolute Gasteiger partial charge is 0.462 e. The van der Waals surface area contributed by atoms with Crippen LogP contribution >= 0.6 is 23.5 Å². The normalized spacial score (nSPS) is 12.0. The van der Waals surface area contributed by atoms with Crippen LogP contribution in [0, 0.1) is 0 Å². The van der Waals surface area contributed by atoms with Gasteiger partial charge in [0.2, 0.25) is 0 Å². The smallest absolute Gasteiger partial charge is 0.420 e. The Morgan fingerprint density at radius 3 is 2.76 bits per heavy atom. The monoisotopic (exact) mass is 386 g/mol. The molecule has 0 aliphatic heterocycles. The minimum Gasteiger partial charge on any atom is -0.462 e. The molecule has 0 unspecified atom stereocenters. The topological polar surface area (TPSA) is 77.8 Å². The van der Waals surface area contributed by atoms with Crippen molar-refractivity contribution in [3.8, 4) is 0 Å². The lowest BCUT2D eigenvalue weighted by atomic mass is 10.1. The Hall–Kier alpha value is -1.94. The third kappa shape index (κ3) is 4.18. The number of halogens is 3. The lowest BCUT2D eigenvalue weighted by Gasteiger charge is -2.05. The second-order valence-electron chi connectivity index (χ2n) is 5.04. The van der Waals surface area contributed by atoms with Gasteiger partial charge in [-0.25, -0.2) is 9.97 Å². The van der Waals surface area contributed by atoms with Crippen LogP contribution in [0.25, 0.3) is 11.0 Å². The molecule has 2 N–H and O–H groups in total. The number of alkyl halides is 3. The SMILES string of the molecule is CSc1cc(N)nc(SCCc2cc3c(C(F)(F)F)coc3cn2)n1. The number of aryl methyl sites for hydroxylation is 1. The Labute approximate surface area is 149 Å². The zero-order chi connectivity index (χ0) is 18.0. The van der Waals surface area contributed by atoms with Gasteiger partial charge in [-0.2, -0.15) is 13.2 Å². The summed E-state index contributed by atoms with van der Waals surface area (Å²) < 4.78 is 43.8. The van der Waals surface area contributed by atoms with Crippen molar-refractivity contribution >= 4 is 40.3 Å². The second-order valence-corrected chi connectivity index (χ2v) is 6.92.